The number of hydrogen-bond acceptors (Lipinski definition) is 4. The molecule has 0 unspecified atom stereocenters. The zero-order valence-electron chi connectivity index (χ0n) is 10.8. The Bertz CT molecular complexity index is 596. The number of anilines is 1. The van der Waals surface area contributed by atoms with Gasteiger partial charge in [-0.3, -0.25) is 0 Å². The fourth-order valence-corrected chi connectivity index (χ4v) is 2.03. The molecule has 0 saturated heterocycles. The third kappa shape index (κ3) is 2.93. The van der Waals surface area contributed by atoms with Crippen LogP contribution in [0.5, 0.6) is 11.6 Å². The lowest BCUT2D eigenvalue weighted by atomic mass is 10.1. The summed E-state index contributed by atoms with van der Waals surface area (Å²) in [6.45, 7) is 3.68. The van der Waals surface area contributed by atoms with Crippen molar-refractivity contribution in [2.75, 3.05) is 12.4 Å². The van der Waals surface area contributed by atoms with E-state index in [9.17, 15) is 4.39 Å². The number of aromatic nitrogens is 2. The van der Waals surface area contributed by atoms with Gasteiger partial charge < -0.3 is 10.1 Å². The first-order valence-electron chi connectivity index (χ1n) is 5.66. The molecule has 0 radical (unpaired) electrons. The zero-order chi connectivity index (χ0) is 14.0. The summed E-state index contributed by atoms with van der Waals surface area (Å²) < 4.78 is 19.2. The molecule has 2 aromatic rings. The summed E-state index contributed by atoms with van der Waals surface area (Å²) in [7, 11) is 1.65. The smallest absolute Gasteiger partial charge is 0.260 e. The van der Waals surface area contributed by atoms with Crippen LogP contribution in [-0.2, 0) is 0 Å². The standard InChI is InChI=1S/C13H13ClFN3O/c1-7-4-9(14)5-8(2)11(7)19-12-10(15)6-17-13(16-3)18-12/h4-6H,1-3H3,(H,16,17,18). The fraction of sp³-hybridized carbons (Fsp3) is 0.231. The first kappa shape index (κ1) is 13.5. The molecule has 1 aromatic carbocycles. The summed E-state index contributed by atoms with van der Waals surface area (Å²) in [4.78, 5) is 7.70. The number of ether oxygens (including phenoxy) is 1. The van der Waals surface area contributed by atoms with Gasteiger partial charge in [0.1, 0.15) is 5.75 Å². The molecule has 0 amide bonds. The van der Waals surface area contributed by atoms with Crippen molar-refractivity contribution in [2.45, 2.75) is 13.8 Å². The van der Waals surface area contributed by atoms with Crippen LogP contribution in [0, 0.1) is 19.7 Å². The summed E-state index contributed by atoms with van der Waals surface area (Å²) in [6.07, 6.45) is 1.06. The SMILES string of the molecule is CNc1ncc(F)c(Oc2c(C)cc(Cl)cc2C)n1. The van der Waals surface area contributed by atoms with E-state index in [1.54, 1.807) is 19.2 Å². The van der Waals surface area contributed by atoms with Crippen LogP contribution in [0.1, 0.15) is 11.1 Å². The number of nitrogens with zero attached hydrogens (tertiary/aromatic N) is 2. The van der Waals surface area contributed by atoms with E-state index in [4.69, 9.17) is 16.3 Å². The summed E-state index contributed by atoms with van der Waals surface area (Å²) in [5, 5.41) is 3.34. The first-order chi connectivity index (χ1) is 9.01. The second-order valence-corrected chi connectivity index (χ2v) is 4.50. The van der Waals surface area contributed by atoms with Gasteiger partial charge in [0.05, 0.1) is 6.20 Å². The topological polar surface area (TPSA) is 47.0 Å². The molecular weight excluding hydrogens is 269 g/mol. The molecule has 0 atom stereocenters. The minimum Gasteiger partial charge on any atom is -0.436 e. The van der Waals surface area contributed by atoms with Crippen LogP contribution in [0.4, 0.5) is 10.3 Å². The van der Waals surface area contributed by atoms with Crippen LogP contribution >= 0.6 is 11.6 Å². The average Bonchev–Trinajstić information content (AvgIpc) is 2.35. The minimum absolute atomic E-state index is 0.118. The van der Waals surface area contributed by atoms with E-state index < -0.39 is 5.82 Å². The zero-order valence-corrected chi connectivity index (χ0v) is 11.5. The second-order valence-electron chi connectivity index (χ2n) is 4.07. The molecule has 4 nitrogen and oxygen atoms in total. The third-order valence-corrected chi connectivity index (χ3v) is 2.78. The Kier molecular flexibility index (Phi) is 3.85. The van der Waals surface area contributed by atoms with Gasteiger partial charge in [0.2, 0.25) is 11.8 Å². The maximum absolute atomic E-state index is 13.6. The van der Waals surface area contributed by atoms with E-state index in [2.05, 4.69) is 15.3 Å². The molecule has 1 N–H and O–H groups in total. The summed E-state index contributed by atoms with van der Waals surface area (Å²) in [5.41, 5.74) is 1.63. The summed E-state index contributed by atoms with van der Waals surface area (Å²) in [5.74, 6) is 0.102. The van der Waals surface area contributed by atoms with Gasteiger partial charge in [-0.05, 0) is 37.1 Å². The summed E-state index contributed by atoms with van der Waals surface area (Å²) >= 11 is 5.94. The minimum atomic E-state index is -0.618. The van der Waals surface area contributed by atoms with Gasteiger partial charge in [0.25, 0.3) is 5.88 Å². The third-order valence-electron chi connectivity index (χ3n) is 2.56. The number of benzene rings is 1. The molecule has 1 aromatic heterocycles. The Morgan fingerprint density at radius 1 is 1.26 bits per heavy atom. The van der Waals surface area contributed by atoms with Crippen molar-refractivity contribution in [2.24, 2.45) is 0 Å². The van der Waals surface area contributed by atoms with Crippen LogP contribution in [0.15, 0.2) is 18.3 Å². The Morgan fingerprint density at radius 2 is 1.89 bits per heavy atom. The molecule has 0 saturated carbocycles. The Hall–Kier alpha value is -1.88. The lowest BCUT2D eigenvalue weighted by Crippen LogP contribution is -2.01. The van der Waals surface area contributed by atoms with Crippen LogP contribution in [0.3, 0.4) is 0 Å². The predicted molar refractivity (Wildman–Crippen MR) is 72.5 cm³/mol. The lowest BCUT2D eigenvalue weighted by molar-refractivity contribution is 0.416. The maximum Gasteiger partial charge on any atom is 0.260 e. The van der Waals surface area contributed by atoms with Crippen LogP contribution < -0.4 is 10.1 Å². The van der Waals surface area contributed by atoms with Gasteiger partial charge >= 0.3 is 0 Å². The van der Waals surface area contributed by atoms with E-state index in [0.29, 0.717) is 16.7 Å². The van der Waals surface area contributed by atoms with E-state index in [1.807, 2.05) is 13.8 Å². The fourth-order valence-electron chi connectivity index (χ4n) is 1.70. The largest absolute Gasteiger partial charge is 0.436 e. The molecule has 0 aliphatic rings. The summed E-state index contributed by atoms with van der Waals surface area (Å²) in [6, 6.07) is 3.50. The molecule has 0 aliphatic heterocycles. The molecule has 0 fully saturated rings. The van der Waals surface area contributed by atoms with Crippen LogP contribution in [-0.4, -0.2) is 17.0 Å². The van der Waals surface area contributed by atoms with Gasteiger partial charge in [-0.25, -0.2) is 4.98 Å². The molecular formula is C13H13ClFN3O. The number of aryl methyl sites for hydroxylation is 2. The number of hydrogen-bond donors (Lipinski definition) is 1. The molecule has 0 spiro atoms. The van der Waals surface area contributed by atoms with Gasteiger partial charge in [-0.15, -0.1) is 0 Å². The lowest BCUT2D eigenvalue weighted by Gasteiger charge is -2.12. The predicted octanol–water partition coefficient (Wildman–Crippen LogP) is 3.72. The molecule has 6 heteroatoms. The van der Waals surface area contributed by atoms with Gasteiger partial charge in [0.15, 0.2) is 0 Å². The van der Waals surface area contributed by atoms with Crippen molar-refractivity contribution >= 4 is 17.5 Å². The van der Waals surface area contributed by atoms with Gasteiger partial charge in [-0.2, -0.15) is 9.37 Å². The van der Waals surface area contributed by atoms with Crippen molar-refractivity contribution in [1.82, 2.24) is 9.97 Å². The molecule has 2 rings (SSSR count). The van der Waals surface area contributed by atoms with Crippen molar-refractivity contribution in [3.05, 3.63) is 40.3 Å². The Balaban J connectivity index is 2.41. The van der Waals surface area contributed by atoms with Crippen LogP contribution in [0.2, 0.25) is 5.02 Å². The highest BCUT2D eigenvalue weighted by Gasteiger charge is 2.13. The maximum atomic E-state index is 13.6. The van der Waals surface area contributed by atoms with Crippen molar-refractivity contribution in [3.63, 3.8) is 0 Å². The first-order valence-corrected chi connectivity index (χ1v) is 6.04. The van der Waals surface area contributed by atoms with Gasteiger partial charge in [-0.1, -0.05) is 11.6 Å². The molecule has 1 heterocycles. The highest BCUT2D eigenvalue weighted by Crippen LogP contribution is 2.31. The molecule has 0 aliphatic carbocycles. The quantitative estimate of drug-likeness (QED) is 0.931. The molecule has 0 bridgehead atoms. The normalized spacial score (nSPS) is 10.4. The van der Waals surface area contributed by atoms with Crippen molar-refractivity contribution in [1.29, 1.82) is 0 Å². The molecule has 100 valence electrons. The van der Waals surface area contributed by atoms with Crippen molar-refractivity contribution in [3.8, 4) is 11.6 Å². The Morgan fingerprint density at radius 3 is 2.47 bits per heavy atom. The molecule has 19 heavy (non-hydrogen) atoms. The van der Waals surface area contributed by atoms with E-state index >= 15 is 0 Å². The second kappa shape index (κ2) is 5.40. The van der Waals surface area contributed by atoms with Gasteiger partial charge in [0, 0.05) is 12.1 Å². The number of halogens is 2. The average molecular weight is 282 g/mol. The highest BCUT2D eigenvalue weighted by molar-refractivity contribution is 6.30. The van der Waals surface area contributed by atoms with Crippen LogP contribution in [0.25, 0.3) is 0 Å². The number of rotatable bonds is 3. The Labute approximate surface area is 115 Å². The highest BCUT2D eigenvalue weighted by atomic mass is 35.5. The van der Waals surface area contributed by atoms with E-state index in [0.717, 1.165) is 17.3 Å². The monoisotopic (exact) mass is 281 g/mol. The van der Waals surface area contributed by atoms with E-state index in [1.165, 1.54) is 0 Å². The van der Waals surface area contributed by atoms with E-state index in [-0.39, 0.29) is 5.88 Å². The number of nitrogens with one attached hydrogen (secondary N) is 1. The van der Waals surface area contributed by atoms with Crippen molar-refractivity contribution < 1.29 is 9.13 Å².